The molecular formula is C32H41N3O6S2. The van der Waals surface area contributed by atoms with Crippen LogP contribution >= 0.6 is 0 Å². The second kappa shape index (κ2) is 15.4. The molecule has 1 unspecified atom stereocenters. The molecule has 11 heteroatoms. The molecule has 4 atom stereocenters. The Bertz CT molecular complexity index is 1490. The van der Waals surface area contributed by atoms with Crippen molar-refractivity contribution in [1.82, 2.24) is 15.4 Å². The van der Waals surface area contributed by atoms with Gasteiger partial charge in [-0.25, -0.2) is 13.1 Å². The first-order chi connectivity index (χ1) is 20.2. The third-order valence-electron chi connectivity index (χ3n) is 6.47. The topological polar surface area (TPSA) is 142 Å². The maximum atomic E-state index is 13.6. The molecule has 4 N–H and O–H groups in total. The van der Waals surface area contributed by atoms with Crippen LogP contribution in [0.25, 0.3) is 0 Å². The number of hydrogen-bond donors (Lipinski definition) is 4. The average Bonchev–Trinajstić information content (AvgIpc) is 2.92. The van der Waals surface area contributed by atoms with Gasteiger partial charge in [-0.1, -0.05) is 78.9 Å². The summed E-state index contributed by atoms with van der Waals surface area (Å²) in [7, 11) is -5.40. The molecule has 3 aromatic rings. The van der Waals surface area contributed by atoms with Gasteiger partial charge >= 0.3 is 0 Å². The molecule has 0 bridgehead atoms. The maximum absolute atomic E-state index is 13.6. The summed E-state index contributed by atoms with van der Waals surface area (Å²) in [6, 6.07) is 23.1. The van der Waals surface area contributed by atoms with Crippen LogP contribution in [0.2, 0.25) is 0 Å². The molecule has 0 aromatic heterocycles. The molecule has 0 fully saturated rings. The summed E-state index contributed by atoms with van der Waals surface area (Å²) in [4.78, 5) is 26.6. The number of sulfonamides is 1. The first kappa shape index (κ1) is 34.1. The van der Waals surface area contributed by atoms with Gasteiger partial charge in [-0.3, -0.25) is 13.8 Å². The molecule has 0 radical (unpaired) electrons. The van der Waals surface area contributed by atoms with Gasteiger partial charge in [0.1, 0.15) is 6.04 Å². The minimum absolute atomic E-state index is 0.0512. The fraction of sp³-hybridized carbons (Fsp3) is 0.375. The highest BCUT2D eigenvalue weighted by atomic mass is 32.2. The predicted octanol–water partition coefficient (Wildman–Crippen LogP) is 2.71. The van der Waals surface area contributed by atoms with E-state index in [1.54, 1.807) is 24.3 Å². The number of carbonyl (C=O) groups excluding carboxylic acids is 2. The smallest absolute Gasteiger partial charge is 0.251 e. The van der Waals surface area contributed by atoms with Crippen molar-refractivity contribution in [3.8, 4) is 0 Å². The van der Waals surface area contributed by atoms with Crippen molar-refractivity contribution in [1.29, 1.82) is 0 Å². The van der Waals surface area contributed by atoms with E-state index in [-0.39, 0.29) is 30.3 Å². The Labute approximate surface area is 257 Å². The Morgan fingerprint density at radius 1 is 0.860 bits per heavy atom. The summed E-state index contributed by atoms with van der Waals surface area (Å²) in [6.07, 6.45) is 0.0863. The number of benzene rings is 3. The molecule has 0 aliphatic carbocycles. The van der Waals surface area contributed by atoms with Gasteiger partial charge in [-0.05, 0) is 49.9 Å². The molecule has 0 spiro atoms. The number of hydrogen-bond acceptors (Lipinski definition) is 6. The van der Waals surface area contributed by atoms with E-state index in [0.29, 0.717) is 11.1 Å². The molecule has 3 rings (SSSR count). The summed E-state index contributed by atoms with van der Waals surface area (Å²) < 4.78 is 39.6. The molecular weight excluding hydrogens is 587 g/mol. The molecule has 0 saturated heterocycles. The second-order valence-corrected chi connectivity index (χ2v) is 14.9. The first-order valence-corrected chi connectivity index (χ1v) is 17.4. The zero-order valence-electron chi connectivity index (χ0n) is 24.9. The van der Waals surface area contributed by atoms with E-state index in [0.717, 1.165) is 17.4 Å². The zero-order valence-corrected chi connectivity index (χ0v) is 26.6. The number of amides is 2. The Morgan fingerprint density at radius 2 is 1.42 bits per heavy atom. The van der Waals surface area contributed by atoms with E-state index in [1.807, 2.05) is 81.4 Å². The third-order valence-corrected chi connectivity index (χ3v) is 8.54. The van der Waals surface area contributed by atoms with E-state index in [9.17, 15) is 27.3 Å². The third kappa shape index (κ3) is 12.0. The van der Waals surface area contributed by atoms with Crippen LogP contribution in [0.15, 0.2) is 84.9 Å². The largest absolute Gasteiger partial charge is 0.391 e. The van der Waals surface area contributed by atoms with Gasteiger partial charge < -0.3 is 15.7 Å². The number of carbonyl (C=O) groups is 2. The Balaban J connectivity index is 1.84. The highest BCUT2D eigenvalue weighted by Gasteiger charge is 2.30. The number of nitrogens with one attached hydrogen (secondary N) is 3. The van der Waals surface area contributed by atoms with Gasteiger partial charge in [0.2, 0.25) is 15.9 Å². The van der Waals surface area contributed by atoms with E-state index in [1.165, 1.54) is 0 Å². The number of aliphatic hydroxyl groups is 1. The maximum Gasteiger partial charge on any atom is 0.251 e. The predicted molar refractivity (Wildman–Crippen MR) is 170 cm³/mol. The van der Waals surface area contributed by atoms with E-state index in [2.05, 4.69) is 15.4 Å². The van der Waals surface area contributed by atoms with Crippen molar-refractivity contribution < 1.29 is 27.3 Å². The average molecular weight is 628 g/mol. The summed E-state index contributed by atoms with van der Waals surface area (Å²) in [6.45, 7) is 5.63. The van der Waals surface area contributed by atoms with E-state index < -0.39 is 50.5 Å². The quantitative estimate of drug-likeness (QED) is 0.217. The highest BCUT2D eigenvalue weighted by Crippen LogP contribution is 2.17. The van der Waals surface area contributed by atoms with Crippen LogP contribution in [0.5, 0.6) is 0 Å². The lowest BCUT2D eigenvalue weighted by molar-refractivity contribution is -0.123. The van der Waals surface area contributed by atoms with Crippen molar-refractivity contribution in [2.24, 2.45) is 0 Å². The molecule has 3 aromatic carbocycles. The lowest BCUT2D eigenvalue weighted by atomic mass is 9.93. The molecule has 0 heterocycles. The SMILES string of the molecule is CC(C)(C)NC(=O)c1ccccc1C[C@@H](O)[C@H](Cc1ccccc1)NC(=O)[C@@H](CS(=O)Cc1ccccc1)NS(C)(=O)=O. The van der Waals surface area contributed by atoms with E-state index in [4.69, 9.17) is 0 Å². The summed E-state index contributed by atoms with van der Waals surface area (Å²) in [5.74, 6) is -1.08. The molecule has 0 aliphatic rings. The van der Waals surface area contributed by atoms with Gasteiger partial charge in [0, 0.05) is 39.8 Å². The van der Waals surface area contributed by atoms with Crippen molar-refractivity contribution in [2.75, 3.05) is 12.0 Å². The number of aliphatic hydroxyl groups excluding tert-OH is 1. The minimum Gasteiger partial charge on any atom is -0.391 e. The Kier molecular flexibility index (Phi) is 12.2. The highest BCUT2D eigenvalue weighted by molar-refractivity contribution is 7.89. The van der Waals surface area contributed by atoms with Crippen molar-refractivity contribution in [3.63, 3.8) is 0 Å². The van der Waals surface area contributed by atoms with Crippen molar-refractivity contribution >= 4 is 32.6 Å². The van der Waals surface area contributed by atoms with Crippen LogP contribution in [0.1, 0.15) is 47.8 Å². The van der Waals surface area contributed by atoms with Crippen LogP contribution in [-0.4, -0.2) is 65.3 Å². The fourth-order valence-corrected chi connectivity index (χ4v) is 6.66. The first-order valence-electron chi connectivity index (χ1n) is 14.0. The zero-order chi connectivity index (χ0) is 31.6. The molecule has 2 amide bonds. The summed E-state index contributed by atoms with van der Waals surface area (Å²) >= 11 is 0. The molecule has 0 saturated carbocycles. The fourth-order valence-electron chi connectivity index (χ4n) is 4.56. The van der Waals surface area contributed by atoms with Gasteiger partial charge in [-0.2, -0.15) is 0 Å². The van der Waals surface area contributed by atoms with Crippen molar-refractivity contribution in [3.05, 3.63) is 107 Å². The minimum atomic E-state index is -3.83. The van der Waals surface area contributed by atoms with Crippen LogP contribution in [0, 0.1) is 0 Å². The van der Waals surface area contributed by atoms with Crippen LogP contribution in [0.4, 0.5) is 0 Å². The Morgan fingerprint density at radius 3 is 2.00 bits per heavy atom. The standard InChI is InChI=1S/C32H41N3O6S2/c1-32(2,3)34-30(37)26-18-12-11-17-25(26)20-29(36)27(19-23-13-7-5-8-14-23)33-31(38)28(35-43(4,40)41)22-42(39)21-24-15-9-6-10-16-24/h5-18,27-29,35-36H,19-22H2,1-4H3,(H,33,38)(H,34,37)/t27-,28+,29+,42?/m0/s1. The molecule has 9 nitrogen and oxygen atoms in total. The summed E-state index contributed by atoms with van der Waals surface area (Å²) in [5, 5.41) is 17.2. The lowest BCUT2D eigenvalue weighted by Crippen LogP contribution is -2.55. The van der Waals surface area contributed by atoms with Gasteiger partial charge in [0.15, 0.2) is 0 Å². The molecule has 232 valence electrons. The monoisotopic (exact) mass is 627 g/mol. The lowest BCUT2D eigenvalue weighted by Gasteiger charge is -2.28. The van der Waals surface area contributed by atoms with Crippen molar-refractivity contribution in [2.45, 2.75) is 63.1 Å². The normalized spacial score (nSPS) is 14.7. The van der Waals surface area contributed by atoms with Gasteiger partial charge in [0.05, 0.1) is 18.4 Å². The van der Waals surface area contributed by atoms with Gasteiger partial charge in [-0.15, -0.1) is 0 Å². The molecule has 43 heavy (non-hydrogen) atoms. The summed E-state index contributed by atoms with van der Waals surface area (Å²) in [5.41, 5.74) is 2.18. The van der Waals surface area contributed by atoms with Crippen LogP contribution < -0.4 is 15.4 Å². The molecule has 0 aliphatic heterocycles. The Hall–Kier alpha value is -3.38. The van der Waals surface area contributed by atoms with Crippen LogP contribution in [0.3, 0.4) is 0 Å². The van der Waals surface area contributed by atoms with Crippen LogP contribution in [-0.2, 0) is 44.2 Å². The number of rotatable bonds is 14. The van der Waals surface area contributed by atoms with Gasteiger partial charge in [0.25, 0.3) is 5.91 Å². The van der Waals surface area contributed by atoms with E-state index >= 15 is 0 Å². The second-order valence-electron chi connectivity index (χ2n) is 11.6.